The number of nitrogens with one attached hydrogen (secondary N) is 1. The predicted octanol–water partition coefficient (Wildman–Crippen LogP) is 1.22. The molecule has 1 N–H and O–H groups in total. The van der Waals surface area contributed by atoms with Gasteiger partial charge in [-0.2, -0.15) is 0 Å². The molecule has 0 bridgehead atoms. The Morgan fingerprint density at radius 2 is 2.17 bits per heavy atom. The Morgan fingerprint density at radius 1 is 1.42 bits per heavy atom. The molecule has 0 aromatic heterocycles. The molecule has 0 spiro atoms. The van der Waals surface area contributed by atoms with Crippen LogP contribution < -0.4 is 5.32 Å². The van der Waals surface area contributed by atoms with E-state index >= 15 is 0 Å². The third kappa shape index (κ3) is 1.50. The quantitative estimate of drug-likeness (QED) is 0.681. The van der Waals surface area contributed by atoms with Gasteiger partial charge in [0.05, 0.1) is 0 Å². The van der Waals surface area contributed by atoms with Crippen molar-refractivity contribution >= 4 is 0 Å². The minimum atomic E-state index is 0.585. The van der Waals surface area contributed by atoms with Crippen molar-refractivity contribution in [3.63, 3.8) is 0 Å². The van der Waals surface area contributed by atoms with Crippen LogP contribution in [-0.4, -0.2) is 37.1 Å². The normalized spacial score (nSPS) is 32.8. The molecule has 1 saturated carbocycles. The van der Waals surface area contributed by atoms with Crippen molar-refractivity contribution in [2.45, 2.75) is 43.7 Å². The molecule has 0 aromatic rings. The average molecular weight is 168 g/mol. The van der Waals surface area contributed by atoms with Crippen molar-refractivity contribution in [3.8, 4) is 0 Å². The summed E-state index contributed by atoms with van der Waals surface area (Å²) in [7, 11) is 4.45. The Labute approximate surface area is 75.3 Å². The molecule has 0 aromatic carbocycles. The lowest BCUT2D eigenvalue weighted by molar-refractivity contribution is 0.236. The highest BCUT2D eigenvalue weighted by Crippen LogP contribution is 2.44. The van der Waals surface area contributed by atoms with Crippen molar-refractivity contribution < 1.29 is 0 Å². The maximum absolute atomic E-state index is 3.58. The minimum absolute atomic E-state index is 0.585. The molecule has 2 fully saturated rings. The molecular formula is C10H20N2. The van der Waals surface area contributed by atoms with E-state index in [-0.39, 0.29) is 0 Å². The second-order valence-corrected chi connectivity index (χ2v) is 4.62. The minimum Gasteiger partial charge on any atom is -0.314 e. The maximum Gasteiger partial charge on any atom is 0.0219 e. The average Bonchev–Trinajstić information content (AvgIpc) is 2.60. The van der Waals surface area contributed by atoms with E-state index in [2.05, 4.69) is 24.3 Å². The van der Waals surface area contributed by atoms with Crippen molar-refractivity contribution in [1.82, 2.24) is 10.2 Å². The molecule has 70 valence electrons. The van der Waals surface area contributed by atoms with E-state index in [4.69, 9.17) is 0 Å². The molecule has 0 amide bonds. The highest BCUT2D eigenvalue weighted by molar-refractivity contribution is 5.04. The second kappa shape index (κ2) is 3.00. The van der Waals surface area contributed by atoms with E-state index in [1.807, 2.05) is 0 Å². The zero-order valence-electron chi connectivity index (χ0n) is 8.27. The first kappa shape index (κ1) is 8.52. The van der Waals surface area contributed by atoms with Crippen LogP contribution in [0.3, 0.4) is 0 Å². The van der Waals surface area contributed by atoms with Crippen molar-refractivity contribution in [2.75, 3.05) is 20.6 Å². The first-order chi connectivity index (χ1) is 5.73. The van der Waals surface area contributed by atoms with Crippen LogP contribution in [0.1, 0.15) is 32.1 Å². The smallest absolute Gasteiger partial charge is 0.0219 e. The van der Waals surface area contributed by atoms with Gasteiger partial charge < -0.3 is 10.2 Å². The van der Waals surface area contributed by atoms with Gasteiger partial charge in [-0.1, -0.05) is 0 Å². The molecule has 1 heterocycles. The van der Waals surface area contributed by atoms with Crippen LogP contribution in [0.25, 0.3) is 0 Å². The van der Waals surface area contributed by atoms with Gasteiger partial charge in [0.15, 0.2) is 0 Å². The van der Waals surface area contributed by atoms with Crippen LogP contribution in [0.5, 0.6) is 0 Å². The third-order valence-corrected chi connectivity index (χ3v) is 3.56. The van der Waals surface area contributed by atoms with Gasteiger partial charge in [0.25, 0.3) is 0 Å². The number of rotatable bonds is 3. The highest BCUT2D eigenvalue weighted by atomic mass is 15.2. The Hall–Kier alpha value is -0.0800. The van der Waals surface area contributed by atoms with Gasteiger partial charge in [-0.15, -0.1) is 0 Å². The molecular weight excluding hydrogens is 148 g/mol. The lowest BCUT2D eigenvalue weighted by Crippen LogP contribution is -2.36. The standard InChI is InChI=1S/C10H20N2/c1-12(2)10(5-6-10)8-9-4-3-7-11-9/h9,11H,3-8H2,1-2H3. The SMILES string of the molecule is CN(C)C1(CC2CCCN2)CC1. The molecule has 1 atom stereocenters. The fourth-order valence-electron chi connectivity index (χ4n) is 2.37. The summed E-state index contributed by atoms with van der Waals surface area (Å²) in [5.41, 5.74) is 0.585. The second-order valence-electron chi connectivity index (χ2n) is 4.62. The van der Waals surface area contributed by atoms with E-state index in [0.29, 0.717) is 5.54 Å². The van der Waals surface area contributed by atoms with Gasteiger partial charge in [0.2, 0.25) is 0 Å². The van der Waals surface area contributed by atoms with E-state index in [1.165, 1.54) is 38.6 Å². The van der Waals surface area contributed by atoms with Crippen molar-refractivity contribution in [1.29, 1.82) is 0 Å². The zero-order chi connectivity index (χ0) is 8.60. The van der Waals surface area contributed by atoms with Crippen LogP contribution in [0, 0.1) is 0 Å². The molecule has 2 heteroatoms. The summed E-state index contributed by atoms with van der Waals surface area (Å²) < 4.78 is 0. The fraction of sp³-hybridized carbons (Fsp3) is 1.00. The number of hydrogen-bond donors (Lipinski definition) is 1. The molecule has 2 rings (SSSR count). The lowest BCUT2D eigenvalue weighted by Gasteiger charge is -2.26. The Balaban J connectivity index is 1.85. The molecule has 1 aliphatic heterocycles. The van der Waals surface area contributed by atoms with Crippen molar-refractivity contribution in [2.24, 2.45) is 0 Å². The number of nitrogens with zero attached hydrogens (tertiary/aromatic N) is 1. The van der Waals surface area contributed by atoms with Gasteiger partial charge in [-0.3, -0.25) is 0 Å². The van der Waals surface area contributed by atoms with Gasteiger partial charge in [0, 0.05) is 11.6 Å². The summed E-state index contributed by atoms with van der Waals surface area (Å²) in [4.78, 5) is 2.42. The van der Waals surface area contributed by atoms with Gasteiger partial charge in [-0.05, 0) is 52.7 Å². The molecule has 1 unspecified atom stereocenters. The zero-order valence-corrected chi connectivity index (χ0v) is 8.27. The monoisotopic (exact) mass is 168 g/mol. The van der Waals surface area contributed by atoms with Gasteiger partial charge >= 0.3 is 0 Å². The third-order valence-electron chi connectivity index (χ3n) is 3.56. The fourth-order valence-corrected chi connectivity index (χ4v) is 2.37. The van der Waals surface area contributed by atoms with E-state index in [0.717, 1.165) is 6.04 Å². The summed E-state index contributed by atoms with van der Waals surface area (Å²) in [6.07, 6.45) is 6.99. The Kier molecular flexibility index (Phi) is 2.13. The summed E-state index contributed by atoms with van der Waals surface area (Å²) in [5.74, 6) is 0. The van der Waals surface area contributed by atoms with E-state index in [1.54, 1.807) is 0 Å². The largest absolute Gasteiger partial charge is 0.314 e. The topological polar surface area (TPSA) is 15.3 Å². The van der Waals surface area contributed by atoms with E-state index in [9.17, 15) is 0 Å². The van der Waals surface area contributed by atoms with Crippen LogP contribution in [0.2, 0.25) is 0 Å². The lowest BCUT2D eigenvalue weighted by atomic mass is 10.0. The predicted molar refractivity (Wildman–Crippen MR) is 51.3 cm³/mol. The molecule has 0 radical (unpaired) electrons. The first-order valence-corrected chi connectivity index (χ1v) is 5.14. The van der Waals surface area contributed by atoms with Crippen LogP contribution in [0.15, 0.2) is 0 Å². The van der Waals surface area contributed by atoms with Crippen LogP contribution in [-0.2, 0) is 0 Å². The maximum atomic E-state index is 3.58. The molecule has 1 aliphatic carbocycles. The summed E-state index contributed by atoms with van der Waals surface area (Å²) in [6, 6.07) is 0.815. The summed E-state index contributed by atoms with van der Waals surface area (Å²) >= 11 is 0. The first-order valence-electron chi connectivity index (χ1n) is 5.14. The Morgan fingerprint density at radius 3 is 2.58 bits per heavy atom. The van der Waals surface area contributed by atoms with Crippen LogP contribution >= 0.6 is 0 Å². The molecule has 2 nitrogen and oxygen atoms in total. The van der Waals surface area contributed by atoms with E-state index < -0.39 is 0 Å². The van der Waals surface area contributed by atoms with Crippen LogP contribution in [0.4, 0.5) is 0 Å². The molecule has 12 heavy (non-hydrogen) atoms. The summed E-state index contributed by atoms with van der Waals surface area (Å²) in [6.45, 7) is 1.24. The highest BCUT2D eigenvalue weighted by Gasteiger charge is 2.46. The molecule has 1 saturated heterocycles. The summed E-state index contributed by atoms with van der Waals surface area (Å²) in [5, 5.41) is 3.58. The molecule has 2 aliphatic rings. The van der Waals surface area contributed by atoms with Gasteiger partial charge in [-0.25, -0.2) is 0 Å². The number of hydrogen-bond acceptors (Lipinski definition) is 2. The Bertz CT molecular complexity index is 155. The van der Waals surface area contributed by atoms with Crippen molar-refractivity contribution in [3.05, 3.63) is 0 Å². The van der Waals surface area contributed by atoms with Gasteiger partial charge in [0.1, 0.15) is 0 Å².